The van der Waals surface area contributed by atoms with Crippen molar-refractivity contribution in [3.05, 3.63) is 53.9 Å². The number of carboxylic acid groups (broad SMARTS) is 1. The van der Waals surface area contributed by atoms with Gasteiger partial charge in [0.2, 0.25) is 5.91 Å². The van der Waals surface area contributed by atoms with Crippen molar-refractivity contribution in [1.29, 1.82) is 0 Å². The zero-order valence-electron chi connectivity index (χ0n) is 16.3. The van der Waals surface area contributed by atoms with Crippen molar-refractivity contribution in [3.63, 3.8) is 0 Å². The van der Waals surface area contributed by atoms with E-state index in [4.69, 9.17) is 5.11 Å². The minimum absolute atomic E-state index is 0.346. The number of imidazole rings is 1. The maximum absolute atomic E-state index is 12.5. The van der Waals surface area contributed by atoms with Gasteiger partial charge in [0.25, 0.3) is 0 Å². The molecule has 3 aromatic rings. The van der Waals surface area contributed by atoms with Gasteiger partial charge in [-0.15, -0.1) is 0 Å². The molecule has 0 unspecified atom stereocenters. The molecule has 0 saturated carbocycles. The molecular formula is C21H23N3O3S. The number of hydrogen-bond acceptors (Lipinski definition) is 4. The number of hydrogen-bond donors (Lipinski definition) is 2. The van der Waals surface area contributed by atoms with Crippen molar-refractivity contribution in [2.45, 2.75) is 37.6 Å². The second kappa shape index (κ2) is 7.67. The summed E-state index contributed by atoms with van der Waals surface area (Å²) < 4.78 is 1.16. The zero-order chi connectivity index (χ0) is 20.5. The van der Waals surface area contributed by atoms with E-state index in [2.05, 4.69) is 41.5 Å². The number of thioether (sulfide) groups is 1. The first-order valence-corrected chi connectivity index (χ1v) is 9.74. The van der Waals surface area contributed by atoms with Crippen LogP contribution in [0.25, 0.3) is 16.5 Å². The highest BCUT2D eigenvalue weighted by Gasteiger charge is 2.31. The van der Waals surface area contributed by atoms with Gasteiger partial charge < -0.3 is 10.4 Å². The Bertz CT molecular complexity index is 1060. The summed E-state index contributed by atoms with van der Waals surface area (Å²) in [5, 5.41) is 14.2. The number of carbonyl (C=O) groups excluding carboxylic acids is 1. The van der Waals surface area contributed by atoms with Crippen molar-refractivity contribution in [1.82, 2.24) is 14.9 Å². The van der Waals surface area contributed by atoms with Gasteiger partial charge in [-0.3, -0.25) is 14.2 Å². The molecule has 3 rings (SSSR count). The average Bonchev–Trinajstić information content (AvgIpc) is 3.00. The average molecular weight is 398 g/mol. The van der Waals surface area contributed by atoms with Crippen LogP contribution in [0, 0.1) is 13.8 Å². The van der Waals surface area contributed by atoms with Gasteiger partial charge in [0.05, 0.1) is 10.4 Å². The van der Waals surface area contributed by atoms with E-state index in [9.17, 15) is 9.59 Å². The number of amides is 1. The predicted molar refractivity (Wildman–Crippen MR) is 111 cm³/mol. The highest BCUT2D eigenvalue weighted by atomic mass is 32.2. The van der Waals surface area contributed by atoms with Gasteiger partial charge in [0, 0.05) is 17.3 Å². The van der Waals surface area contributed by atoms with E-state index in [1.54, 1.807) is 20.0 Å². The third-order valence-electron chi connectivity index (χ3n) is 4.56. The molecule has 6 nitrogen and oxygen atoms in total. The number of nitrogens with zero attached hydrogens (tertiary/aromatic N) is 2. The molecule has 0 spiro atoms. The van der Waals surface area contributed by atoms with Crippen molar-refractivity contribution in [3.8, 4) is 5.69 Å². The molecule has 0 bridgehead atoms. The van der Waals surface area contributed by atoms with Crippen LogP contribution in [-0.4, -0.2) is 37.8 Å². The van der Waals surface area contributed by atoms with Crippen LogP contribution in [-0.2, 0) is 9.59 Å². The number of carboxylic acids is 1. The molecule has 0 aliphatic heterocycles. The fraction of sp³-hybridized carbons (Fsp3) is 0.286. The lowest BCUT2D eigenvalue weighted by Crippen LogP contribution is -2.42. The minimum atomic E-state index is -1.07. The Balaban J connectivity index is 2.01. The third kappa shape index (κ3) is 3.89. The van der Waals surface area contributed by atoms with Gasteiger partial charge in [-0.1, -0.05) is 42.1 Å². The molecular weight excluding hydrogens is 374 g/mol. The van der Waals surface area contributed by atoms with E-state index in [0.29, 0.717) is 5.16 Å². The number of rotatable bonds is 6. The van der Waals surface area contributed by atoms with E-state index < -0.39 is 17.3 Å². The van der Waals surface area contributed by atoms with Crippen LogP contribution in [0.3, 0.4) is 0 Å². The summed E-state index contributed by atoms with van der Waals surface area (Å²) in [7, 11) is 0. The molecule has 7 heteroatoms. The topological polar surface area (TPSA) is 84.2 Å². The molecule has 146 valence electrons. The second-order valence-electron chi connectivity index (χ2n) is 7.15. The molecule has 0 atom stereocenters. The van der Waals surface area contributed by atoms with Crippen LogP contribution in [0.1, 0.15) is 25.1 Å². The predicted octanol–water partition coefficient (Wildman–Crippen LogP) is 3.71. The SMILES string of the molecule is Cc1ccc(-n2c(C)cnc2SC(C)(C)C(=O)NCC(=O)O)c2ccccc12. The normalized spacial score (nSPS) is 11.6. The number of aliphatic carboxylic acids is 1. The maximum atomic E-state index is 12.5. The van der Waals surface area contributed by atoms with Crippen molar-refractivity contribution in [2.75, 3.05) is 6.54 Å². The van der Waals surface area contributed by atoms with Crippen LogP contribution in [0.4, 0.5) is 0 Å². The van der Waals surface area contributed by atoms with Crippen molar-refractivity contribution in [2.24, 2.45) is 0 Å². The summed E-state index contributed by atoms with van der Waals surface area (Å²) in [6, 6.07) is 12.3. The monoisotopic (exact) mass is 397 g/mol. The van der Waals surface area contributed by atoms with Crippen LogP contribution in [0.5, 0.6) is 0 Å². The second-order valence-corrected chi connectivity index (χ2v) is 8.74. The van der Waals surface area contributed by atoms with Gasteiger partial charge in [-0.05, 0) is 44.7 Å². The summed E-state index contributed by atoms with van der Waals surface area (Å²) >= 11 is 1.31. The number of aromatic nitrogens is 2. The first-order chi connectivity index (χ1) is 13.2. The first kappa shape index (κ1) is 19.9. The molecule has 28 heavy (non-hydrogen) atoms. The van der Waals surface area contributed by atoms with Gasteiger partial charge in [0.15, 0.2) is 5.16 Å². The molecule has 0 aliphatic carbocycles. The first-order valence-electron chi connectivity index (χ1n) is 8.93. The van der Waals surface area contributed by atoms with E-state index >= 15 is 0 Å². The molecule has 1 aromatic heterocycles. The highest BCUT2D eigenvalue weighted by Crippen LogP contribution is 2.36. The fourth-order valence-corrected chi connectivity index (χ4v) is 4.11. The van der Waals surface area contributed by atoms with Crippen LogP contribution in [0.2, 0.25) is 0 Å². The number of aryl methyl sites for hydroxylation is 2. The summed E-state index contributed by atoms with van der Waals surface area (Å²) in [6.45, 7) is 7.17. The number of fused-ring (bicyclic) bond motifs is 1. The van der Waals surface area contributed by atoms with Gasteiger partial charge >= 0.3 is 5.97 Å². The Kier molecular flexibility index (Phi) is 5.47. The quantitative estimate of drug-likeness (QED) is 0.620. The standard InChI is InChI=1S/C21H23N3O3S/c1-13-9-10-17(16-8-6-5-7-15(13)16)24-14(2)11-23-20(24)28-21(3,4)19(27)22-12-18(25)26/h5-11H,12H2,1-4H3,(H,22,27)(H,25,26). The Morgan fingerprint density at radius 1 is 1.14 bits per heavy atom. The summed E-state index contributed by atoms with van der Waals surface area (Å²) in [6.07, 6.45) is 1.78. The van der Waals surface area contributed by atoms with Crippen LogP contribution < -0.4 is 5.32 Å². The molecule has 0 aliphatic rings. The molecule has 1 amide bonds. The Morgan fingerprint density at radius 3 is 2.50 bits per heavy atom. The molecule has 0 saturated heterocycles. The fourth-order valence-electron chi connectivity index (χ4n) is 3.05. The van der Waals surface area contributed by atoms with E-state index in [1.165, 1.54) is 22.7 Å². The third-order valence-corrected chi connectivity index (χ3v) is 5.73. The van der Waals surface area contributed by atoms with Gasteiger partial charge in [0.1, 0.15) is 6.54 Å². The Hall–Kier alpha value is -2.80. The zero-order valence-corrected chi connectivity index (χ0v) is 17.1. The highest BCUT2D eigenvalue weighted by molar-refractivity contribution is 8.01. The summed E-state index contributed by atoms with van der Waals surface area (Å²) in [5.74, 6) is -1.42. The maximum Gasteiger partial charge on any atom is 0.322 e. The minimum Gasteiger partial charge on any atom is -0.480 e. The van der Waals surface area contributed by atoms with Crippen molar-refractivity contribution >= 4 is 34.4 Å². The number of carbonyl (C=O) groups is 2. The van der Waals surface area contributed by atoms with Crippen LogP contribution in [0.15, 0.2) is 47.8 Å². The van der Waals surface area contributed by atoms with E-state index in [1.807, 2.05) is 23.6 Å². The lowest BCUT2D eigenvalue weighted by molar-refractivity contribution is -0.138. The summed E-state index contributed by atoms with van der Waals surface area (Å²) in [4.78, 5) is 27.7. The number of nitrogens with one attached hydrogen (secondary N) is 1. The largest absolute Gasteiger partial charge is 0.480 e. The molecule has 1 heterocycles. The molecule has 2 aromatic carbocycles. The van der Waals surface area contributed by atoms with E-state index in [-0.39, 0.29) is 5.91 Å². The van der Waals surface area contributed by atoms with Crippen molar-refractivity contribution < 1.29 is 14.7 Å². The lowest BCUT2D eigenvalue weighted by atomic mass is 10.0. The lowest BCUT2D eigenvalue weighted by Gasteiger charge is -2.23. The van der Waals surface area contributed by atoms with Crippen LogP contribution >= 0.6 is 11.8 Å². The van der Waals surface area contributed by atoms with Gasteiger partial charge in [-0.2, -0.15) is 0 Å². The Morgan fingerprint density at radius 2 is 1.82 bits per heavy atom. The molecule has 2 N–H and O–H groups in total. The molecule has 0 fully saturated rings. The summed E-state index contributed by atoms with van der Waals surface area (Å²) in [5.41, 5.74) is 3.15. The van der Waals surface area contributed by atoms with Gasteiger partial charge in [-0.25, -0.2) is 4.98 Å². The molecule has 0 radical (unpaired) electrons. The Labute approximate surface area is 168 Å². The number of benzene rings is 2. The van der Waals surface area contributed by atoms with E-state index in [0.717, 1.165) is 16.8 Å². The smallest absolute Gasteiger partial charge is 0.322 e.